The zero-order chi connectivity index (χ0) is 15.7. The molecule has 1 amide bonds. The summed E-state index contributed by atoms with van der Waals surface area (Å²) in [6.45, 7) is 3.89. The fourth-order valence-electron chi connectivity index (χ4n) is 3.18. The highest BCUT2D eigenvalue weighted by atomic mass is 16.2. The van der Waals surface area contributed by atoms with Gasteiger partial charge in [-0.2, -0.15) is 5.10 Å². The van der Waals surface area contributed by atoms with E-state index in [1.165, 1.54) is 11.1 Å². The lowest BCUT2D eigenvalue weighted by atomic mass is 9.86. The standard InChI is InChI=1S/C16H22N4O2/c1-11-6-3-4-7-13(11)18-15(21)12(2)20-16(22)14-8-5-9-19(14)10-17-20/h5,8-13H,3-4,6-7H2,1-2H3,(H,18,21)/t11-,12+,13-/m1/s1. The van der Waals surface area contributed by atoms with Gasteiger partial charge in [0.05, 0.1) is 0 Å². The largest absolute Gasteiger partial charge is 0.351 e. The van der Waals surface area contributed by atoms with Crippen LogP contribution in [0.1, 0.15) is 45.6 Å². The van der Waals surface area contributed by atoms with E-state index in [0.717, 1.165) is 19.3 Å². The highest BCUT2D eigenvalue weighted by molar-refractivity contribution is 5.80. The maximum Gasteiger partial charge on any atom is 0.291 e. The fourth-order valence-corrected chi connectivity index (χ4v) is 3.18. The number of amides is 1. The van der Waals surface area contributed by atoms with Crippen molar-refractivity contribution in [2.24, 2.45) is 5.92 Å². The van der Waals surface area contributed by atoms with E-state index in [2.05, 4.69) is 17.3 Å². The van der Waals surface area contributed by atoms with Gasteiger partial charge in [-0.3, -0.25) is 9.59 Å². The molecular formula is C16H22N4O2. The molecule has 3 rings (SSSR count). The van der Waals surface area contributed by atoms with E-state index in [0.29, 0.717) is 11.4 Å². The van der Waals surface area contributed by atoms with Crippen LogP contribution in [0.15, 0.2) is 29.5 Å². The second-order valence-corrected chi connectivity index (χ2v) is 6.23. The first-order valence-corrected chi connectivity index (χ1v) is 7.93. The molecule has 0 saturated heterocycles. The van der Waals surface area contributed by atoms with Crippen LogP contribution in [-0.4, -0.2) is 26.1 Å². The highest BCUT2D eigenvalue weighted by Crippen LogP contribution is 2.24. The van der Waals surface area contributed by atoms with Crippen LogP contribution in [0.4, 0.5) is 0 Å². The molecule has 1 fully saturated rings. The Labute approximate surface area is 129 Å². The minimum Gasteiger partial charge on any atom is -0.351 e. The van der Waals surface area contributed by atoms with Crippen LogP contribution in [-0.2, 0) is 4.79 Å². The number of carbonyl (C=O) groups is 1. The molecule has 1 N–H and O–H groups in total. The third-order valence-electron chi connectivity index (χ3n) is 4.69. The maximum atomic E-state index is 12.5. The van der Waals surface area contributed by atoms with E-state index in [9.17, 15) is 9.59 Å². The third-order valence-corrected chi connectivity index (χ3v) is 4.69. The number of rotatable bonds is 3. The number of nitrogens with one attached hydrogen (secondary N) is 1. The molecule has 2 aromatic heterocycles. The molecule has 118 valence electrons. The van der Waals surface area contributed by atoms with Gasteiger partial charge in [-0.1, -0.05) is 19.8 Å². The summed E-state index contributed by atoms with van der Waals surface area (Å²) < 4.78 is 2.92. The Morgan fingerprint density at radius 3 is 2.95 bits per heavy atom. The van der Waals surface area contributed by atoms with Crippen molar-refractivity contribution in [3.63, 3.8) is 0 Å². The van der Waals surface area contributed by atoms with Gasteiger partial charge in [-0.15, -0.1) is 0 Å². The van der Waals surface area contributed by atoms with Crippen molar-refractivity contribution in [1.29, 1.82) is 0 Å². The molecule has 0 aromatic carbocycles. The lowest BCUT2D eigenvalue weighted by Crippen LogP contribution is -2.45. The Balaban J connectivity index is 1.79. The molecule has 6 nitrogen and oxygen atoms in total. The predicted molar refractivity (Wildman–Crippen MR) is 83.7 cm³/mol. The van der Waals surface area contributed by atoms with E-state index in [4.69, 9.17) is 0 Å². The minimum absolute atomic E-state index is 0.135. The summed E-state index contributed by atoms with van der Waals surface area (Å²) in [6, 6.07) is 3.11. The molecule has 2 heterocycles. The SMILES string of the molecule is C[C@@H]1CCCC[C@H]1NC(=O)[C@H](C)n1ncn2cccc2c1=O. The monoisotopic (exact) mass is 302 g/mol. The van der Waals surface area contributed by atoms with Gasteiger partial charge in [0.2, 0.25) is 5.91 Å². The molecule has 3 atom stereocenters. The number of hydrogen-bond donors (Lipinski definition) is 1. The van der Waals surface area contributed by atoms with Gasteiger partial charge in [-0.05, 0) is 37.8 Å². The molecule has 0 bridgehead atoms. The van der Waals surface area contributed by atoms with Crippen LogP contribution in [0.5, 0.6) is 0 Å². The number of nitrogens with zero attached hydrogens (tertiary/aromatic N) is 3. The Kier molecular flexibility index (Phi) is 4.00. The van der Waals surface area contributed by atoms with Crippen LogP contribution in [0.25, 0.3) is 5.52 Å². The average molecular weight is 302 g/mol. The normalized spacial score (nSPS) is 23.4. The smallest absolute Gasteiger partial charge is 0.291 e. The molecule has 6 heteroatoms. The van der Waals surface area contributed by atoms with Crippen molar-refractivity contribution in [2.75, 3.05) is 0 Å². The molecule has 0 radical (unpaired) electrons. The van der Waals surface area contributed by atoms with Gasteiger partial charge in [0.1, 0.15) is 17.9 Å². The van der Waals surface area contributed by atoms with Crippen molar-refractivity contribution in [3.05, 3.63) is 35.0 Å². The molecule has 2 aromatic rings. The summed E-state index contributed by atoms with van der Waals surface area (Å²) in [5.74, 6) is 0.354. The lowest BCUT2D eigenvalue weighted by molar-refractivity contribution is -0.125. The zero-order valence-corrected chi connectivity index (χ0v) is 13.0. The number of carbonyl (C=O) groups excluding carboxylic acids is 1. The van der Waals surface area contributed by atoms with Crippen molar-refractivity contribution in [3.8, 4) is 0 Å². The quantitative estimate of drug-likeness (QED) is 0.939. The summed E-state index contributed by atoms with van der Waals surface area (Å²) in [4.78, 5) is 24.9. The van der Waals surface area contributed by atoms with Gasteiger partial charge in [-0.25, -0.2) is 4.68 Å². The van der Waals surface area contributed by atoms with Crippen LogP contribution in [0.2, 0.25) is 0 Å². The van der Waals surface area contributed by atoms with E-state index in [1.807, 2.05) is 0 Å². The fraction of sp³-hybridized carbons (Fsp3) is 0.562. The first kappa shape index (κ1) is 14.8. The maximum absolute atomic E-state index is 12.5. The average Bonchev–Trinajstić information content (AvgIpc) is 2.99. The van der Waals surface area contributed by atoms with Crippen molar-refractivity contribution in [2.45, 2.75) is 51.6 Å². The Morgan fingerprint density at radius 2 is 2.18 bits per heavy atom. The Bertz CT molecular complexity index is 733. The van der Waals surface area contributed by atoms with Gasteiger partial charge in [0, 0.05) is 12.2 Å². The Morgan fingerprint density at radius 1 is 1.41 bits per heavy atom. The first-order chi connectivity index (χ1) is 10.6. The van der Waals surface area contributed by atoms with E-state index in [-0.39, 0.29) is 17.5 Å². The van der Waals surface area contributed by atoms with Gasteiger partial charge < -0.3 is 9.72 Å². The second-order valence-electron chi connectivity index (χ2n) is 6.23. The number of fused-ring (bicyclic) bond motifs is 1. The molecule has 1 aliphatic carbocycles. The molecule has 0 unspecified atom stereocenters. The highest BCUT2D eigenvalue weighted by Gasteiger charge is 2.26. The molecule has 0 spiro atoms. The summed E-state index contributed by atoms with van der Waals surface area (Å²) in [5, 5.41) is 7.21. The van der Waals surface area contributed by atoms with Gasteiger partial charge in [0.15, 0.2) is 0 Å². The Hall–Kier alpha value is -2.11. The molecular weight excluding hydrogens is 280 g/mol. The van der Waals surface area contributed by atoms with Crippen LogP contribution in [0, 0.1) is 5.92 Å². The molecule has 1 aliphatic rings. The second kappa shape index (κ2) is 5.94. The van der Waals surface area contributed by atoms with E-state index >= 15 is 0 Å². The van der Waals surface area contributed by atoms with Crippen LogP contribution >= 0.6 is 0 Å². The first-order valence-electron chi connectivity index (χ1n) is 7.93. The minimum atomic E-state index is -0.610. The summed E-state index contributed by atoms with van der Waals surface area (Å²) in [5.41, 5.74) is 0.285. The zero-order valence-electron chi connectivity index (χ0n) is 13.0. The van der Waals surface area contributed by atoms with E-state index in [1.54, 1.807) is 36.0 Å². The number of hydrogen-bond acceptors (Lipinski definition) is 3. The molecule has 1 saturated carbocycles. The van der Waals surface area contributed by atoms with Crippen molar-refractivity contribution < 1.29 is 4.79 Å². The van der Waals surface area contributed by atoms with E-state index < -0.39 is 6.04 Å². The van der Waals surface area contributed by atoms with Crippen molar-refractivity contribution >= 4 is 11.4 Å². The summed E-state index contributed by atoms with van der Waals surface area (Å²) in [7, 11) is 0. The molecule has 0 aliphatic heterocycles. The lowest BCUT2D eigenvalue weighted by Gasteiger charge is -2.30. The predicted octanol–water partition coefficient (Wildman–Crippen LogP) is 1.75. The van der Waals surface area contributed by atoms with Gasteiger partial charge in [0.25, 0.3) is 5.56 Å². The topological polar surface area (TPSA) is 68.4 Å². The van der Waals surface area contributed by atoms with Gasteiger partial charge >= 0.3 is 0 Å². The summed E-state index contributed by atoms with van der Waals surface area (Å²) in [6.07, 6.45) is 7.87. The van der Waals surface area contributed by atoms with Crippen molar-refractivity contribution in [1.82, 2.24) is 19.5 Å². The summed E-state index contributed by atoms with van der Waals surface area (Å²) >= 11 is 0. The van der Waals surface area contributed by atoms with Crippen LogP contribution in [0.3, 0.4) is 0 Å². The number of aromatic nitrogens is 3. The third kappa shape index (κ3) is 2.65. The van der Waals surface area contributed by atoms with Crippen LogP contribution < -0.4 is 10.9 Å². The molecule has 22 heavy (non-hydrogen) atoms.